The predicted octanol–water partition coefficient (Wildman–Crippen LogP) is 1.94. The summed E-state index contributed by atoms with van der Waals surface area (Å²) in [4.78, 5) is 0. The molecular formula is C11H24O4Si. The van der Waals surface area contributed by atoms with Gasteiger partial charge in [-0.3, -0.25) is 0 Å². The van der Waals surface area contributed by atoms with E-state index in [-0.39, 0.29) is 0 Å². The van der Waals surface area contributed by atoms with E-state index < -0.39 is 8.56 Å². The highest BCUT2D eigenvalue weighted by Crippen LogP contribution is 2.19. The van der Waals surface area contributed by atoms with Crippen LogP contribution in [0, 0.1) is 0 Å². The van der Waals surface area contributed by atoms with Crippen molar-refractivity contribution in [3.63, 3.8) is 0 Å². The molecule has 1 unspecified atom stereocenters. The van der Waals surface area contributed by atoms with Gasteiger partial charge in [0, 0.05) is 25.9 Å². The van der Waals surface area contributed by atoms with Crippen LogP contribution in [0.3, 0.4) is 0 Å². The Labute approximate surface area is 99.5 Å². The zero-order valence-electron chi connectivity index (χ0n) is 10.7. The van der Waals surface area contributed by atoms with Gasteiger partial charge in [-0.05, 0) is 19.9 Å². The van der Waals surface area contributed by atoms with Crippen molar-refractivity contribution in [2.45, 2.75) is 39.0 Å². The summed E-state index contributed by atoms with van der Waals surface area (Å²) in [6.07, 6.45) is 0.344. The summed E-state index contributed by atoms with van der Waals surface area (Å²) in [5.41, 5.74) is 0. The first-order valence-electron chi connectivity index (χ1n) is 6.23. The van der Waals surface area contributed by atoms with E-state index in [9.17, 15) is 0 Å². The van der Waals surface area contributed by atoms with Gasteiger partial charge < -0.3 is 18.3 Å². The second-order valence-corrected chi connectivity index (χ2v) is 7.52. The van der Waals surface area contributed by atoms with Crippen molar-refractivity contribution in [2.75, 3.05) is 33.0 Å². The van der Waals surface area contributed by atoms with Crippen molar-refractivity contribution in [3.05, 3.63) is 0 Å². The average molecular weight is 248 g/mol. The van der Waals surface area contributed by atoms with Gasteiger partial charge in [-0.25, -0.2) is 0 Å². The van der Waals surface area contributed by atoms with Gasteiger partial charge >= 0.3 is 8.56 Å². The van der Waals surface area contributed by atoms with Gasteiger partial charge in [-0.15, -0.1) is 0 Å². The highest BCUT2D eigenvalue weighted by atomic mass is 28.4. The topological polar surface area (TPSA) is 40.2 Å². The van der Waals surface area contributed by atoms with Crippen LogP contribution in [0.5, 0.6) is 0 Å². The predicted molar refractivity (Wildman–Crippen MR) is 64.9 cm³/mol. The molecule has 0 saturated carbocycles. The van der Waals surface area contributed by atoms with Gasteiger partial charge in [0.15, 0.2) is 0 Å². The smallest absolute Gasteiger partial charge is 0.340 e. The van der Waals surface area contributed by atoms with Crippen LogP contribution >= 0.6 is 0 Å². The Morgan fingerprint density at radius 1 is 1.19 bits per heavy atom. The monoisotopic (exact) mass is 248 g/mol. The molecule has 0 aromatic heterocycles. The Kier molecular flexibility index (Phi) is 6.53. The summed E-state index contributed by atoms with van der Waals surface area (Å²) in [5, 5.41) is 0. The lowest BCUT2D eigenvalue weighted by molar-refractivity contribution is 0.113. The molecule has 1 atom stereocenters. The standard InChI is InChI=1S/C11H24O4Si/c1-4-14-16(6-3,15-5-2)8-7-12-9-11-10-13-11/h11H,4-10H2,1-3H3. The molecule has 1 aliphatic rings. The molecule has 4 nitrogen and oxygen atoms in total. The highest BCUT2D eigenvalue weighted by Gasteiger charge is 2.34. The largest absolute Gasteiger partial charge is 0.394 e. The number of ether oxygens (including phenoxy) is 2. The van der Waals surface area contributed by atoms with Gasteiger partial charge in [0.1, 0.15) is 6.10 Å². The maximum Gasteiger partial charge on any atom is 0.340 e. The number of epoxide rings is 1. The van der Waals surface area contributed by atoms with Gasteiger partial charge in [0.25, 0.3) is 0 Å². The summed E-state index contributed by atoms with van der Waals surface area (Å²) < 4.78 is 22.3. The first-order valence-corrected chi connectivity index (χ1v) is 8.46. The molecule has 1 heterocycles. The molecule has 5 heteroatoms. The van der Waals surface area contributed by atoms with E-state index in [4.69, 9.17) is 18.3 Å². The quantitative estimate of drug-likeness (QED) is 0.336. The van der Waals surface area contributed by atoms with Crippen LogP contribution in [0.1, 0.15) is 20.8 Å². The van der Waals surface area contributed by atoms with E-state index in [1.807, 2.05) is 13.8 Å². The van der Waals surface area contributed by atoms with Gasteiger partial charge in [0.2, 0.25) is 0 Å². The minimum atomic E-state index is -1.99. The van der Waals surface area contributed by atoms with Crippen molar-refractivity contribution in [3.8, 4) is 0 Å². The molecule has 0 aromatic rings. The van der Waals surface area contributed by atoms with Crippen LogP contribution in [0.15, 0.2) is 0 Å². The van der Waals surface area contributed by atoms with E-state index >= 15 is 0 Å². The minimum Gasteiger partial charge on any atom is -0.394 e. The molecule has 1 fully saturated rings. The van der Waals surface area contributed by atoms with Crippen molar-refractivity contribution >= 4 is 8.56 Å². The normalized spacial score (nSPS) is 20.1. The van der Waals surface area contributed by atoms with Crippen LogP contribution < -0.4 is 0 Å². The SMILES string of the molecule is CCO[Si](CC)(CCOCC1CO1)OCC. The number of hydrogen-bond acceptors (Lipinski definition) is 4. The highest BCUT2D eigenvalue weighted by molar-refractivity contribution is 6.67. The lowest BCUT2D eigenvalue weighted by atomic mass is 10.5. The van der Waals surface area contributed by atoms with E-state index in [0.29, 0.717) is 12.7 Å². The maximum atomic E-state index is 5.85. The third-order valence-electron chi connectivity index (χ3n) is 2.69. The average Bonchev–Trinajstić information content (AvgIpc) is 3.09. The molecule has 1 rings (SSSR count). The van der Waals surface area contributed by atoms with Gasteiger partial charge in [0.05, 0.1) is 13.2 Å². The van der Waals surface area contributed by atoms with Crippen molar-refractivity contribution < 1.29 is 18.3 Å². The fourth-order valence-corrected chi connectivity index (χ4v) is 4.34. The second kappa shape index (κ2) is 7.40. The zero-order valence-corrected chi connectivity index (χ0v) is 11.7. The van der Waals surface area contributed by atoms with Crippen molar-refractivity contribution in [1.29, 1.82) is 0 Å². The fraction of sp³-hybridized carbons (Fsp3) is 1.00. The third-order valence-corrected chi connectivity index (χ3v) is 6.36. The Morgan fingerprint density at radius 2 is 1.81 bits per heavy atom. The summed E-state index contributed by atoms with van der Waals surface area (Å²) in [5.74, 6) is 0. The molecule has 96 valence electrons. The van der Waals surface area contributed by atoms with Crippen LogP contribution in [-0.4, -0.2) is 47.7 Å². The van der Waals surface area contributed by atoms with Crippen LogP contribution in [0.25, 0.3) is 0 Å². The summed E-state index contributed by atoms with van der Waals surface area (Å²) in [7, 11) is -1.99. The van der Waals surface area contributed by atoms with E-state index in [1.165, 1.54) is 0 Å². The second-order valence-electron chi connectivity index (χ2n) is 3.91. The molecule has 0 bridgehead atoms. The number of hydrogen-bond donors (Lipinski definition) is 0. The lowest BCUT2D eigenvalue weighted by Gasteiger charge is -2.28. The Balaban J connectivity index is 2.22. The third kappa shape index (κ3) is 4.93. The fourth-order valence-electron chi connectivity index (χ4n) is 1.70. The van der Waals surface area contributed by atoms with E-state index in [0.717, 1.165) is 38.5 Å². The van der Waals surface area contributed by atoms with Crippen LogP contribution in [0.4, 0.5) is 0 Å². The van der Waals surface area contributed by atoms with E-state index in [1.54, 1.807) is 0 Å². The zero-order chi connectivity index (χ0) is 11.9. The van der Waals surface area contributed by atoms with Crippen LogP contribution in [-0.2, 0) is 18.3 Å². The Bertz CT molecular complexity index is 179. The number of rotatable bonds is 10. The van der Waals surface area contributed by atoms with Crippen molar-refractivity contribution in [1.82, 2.24) is 0 Å². The molecule has 0 aromatic carbocycles. The van der Waals surface area contributed by atoms with Gasteiger partial charge in [-0.1, -0.05) is 6.92 Å². The molecular weight excluding hydrogens is 224 g/mol. The Hall–Kier alpha value is 0.0569. The van der Waals surface area contributed by atoms with Crippen molar-refractivity contribution in [2.24, 2.45) is 0 Å². The Morgan fingerprint density at radius 3 is 2.25 bits per heavy atom. The first kappa shape index (κ1) is 14.1. The molecule has 1 saturated heterocycles. The molecule has 0 spiro atoms. The van der Waals surface area contributed by atoms with E-state index in [2.05, 4.69) is 6.92 Å². The molecule has 16 heavy (non-hydrogen) atoms. The summed E-state index contributed by atoms with van der Waals surface area (Å²) in [6, 6.07) is 1.90. The molecule has 0 radical (unpaired) electrons. The summed E-state index contributed by atoms with van der Waals surface area (Å²) in [6.45, 7) is 9.93. The van der Waals surface area contributed by atoms with Crippen LogP contribution in [0.2, 0.25) is 12.1 Å². The lowest BCUT2D eigenvalue weighted by Crippen LogP contribution is -2.42. The first-order chi connectivity index (χ1) is 7.76. The maximum absolute atomic E-state index is 5.85. The molecule has 1 aliphatic heterocycles. The van der Waals surface area contributed by atoms with Gasteiger partial charge in [-0.2, -0.15) is 0 Å². The molecule has 0 amide bonds. The molecule has 0 aliphatic carbocycles. The molecule has 0 N–H and O–H groups in total. The summed E-state index contributed by atoms with van der Waals surface area (Å²) >= 11 is 0. The minimum absolute atomic E-state index is 0.344.